The van der Waals surface area contributed by atoms with E-state index in [0.717, 1.165) is 30.0 Å². The normalized spacial score (nSPS) is 11.2. The zero-order valence-electron chi connectivity index (χ0n) is 34.4. The van der Waals surface area contributed by atoms with E-state index in [1.165, 1.54) is 93.6 Å². The lowest BCUT2D eigenvalue weighted by molar-refractivity contribution is 0.0600. The number of aryl methyl sites for hydroxylation is 3. The lowest BCUT2D eigenvalue weighted by Gasteiger charge is -2.06. The molecule has 0 aliphatic carbocycles. The smallest absolute Gasteiger partial charge is 0.337 e. The van der Waals surface area contributed by atoms with Crippen molar-refractivity contribution >= 4 is 11.5 Å². The topological polar surface area (TPSA) is 39.2 Å². The molecule has 3 rings (SSSR count). The Kier molecular flexibility index (Phi) is 33.1. The Morgan fingerprint density at radius 2 is 1.38 bits per heavy atom. The molecule has 3 nitrogen and oxygen atoms in total. The Hall–Kier alpha value is -3.46. The SMILES string of the molecule is C/C=C(\C)C[C@H](C)CC.CC/C=C(/C)c1cc(C(=O)OC)ccn1.CCCCCC.CCCCCc1ccc(C)cc1.CCc1ccccc1. The highest BCUT2D eigenvalue weighted by Gasteiger charge is 2.06. The number of nitrogens with zero attached hydrogens (tertiary/aromatic N) is 1. The van der Waals surface area contributed by atoms with Gasteiger partial charge in [-0.25, -0.2) is 4.79 Å². The summed E-state index contributed by atoms with van der Waals surface area (Å²) in [7, 11) is 1.37. The van der Waals surface area contributed by atoms with Gasteiger partial charge in [0.2, 0.25) is 0 Å². The lowest BCUT2D eigenvalue weighted by atomic mass is 10.00. The van der Waals surface area contributed by atoms with Crippen molar-refractivity contribution in [1.82, 2.24) is 4.98 Å². The maximum absolute atomic E-state index is 11.3. The van der Waals surface area contributed by atoms with Gasteiger partial charge in [-0.1, -0.05) is 171 Å². The van der Waals surface area contributed by atoms with E-state index in [9.17, 15) is 4.79 Å². The second kappa shape index (κ2) is 34.0. The molecule has 50 heavy (non-hydrogen) atoms. The fraction of sp³-hybridized carbons (Fsp3) is 0.532. The van der Waals surface area contributed by atoms with Gasteiger partial charge < -0.3 is 4.74 Å². The number of hydrogen-bond acceptors (Lipinski definition) is 3. The van der Waals surface area contributed by atoms with Crippen molar-refractivity contribution in [1.29, 1.82) is 0 Å². The van der Waals surface area contributed by atoms with Crippen LogP contribution in [0.3, 0.4) is 0 Å². The van der Waals surface area contributed by atoms with Crippen LogP contribution in [0.2, 0.25) is 0 Å². The van der Waals surface area contributed by atoms with Crippen molar-refractivity contribution in [2.24, 2.45) is 5.92 Å². The zero-order chi connectivity index (χ0) is 38.0. The van der Waals surface area contributed by atoms with Gasteiger partial charge in [0.05, 0.1) is 18.4 Å². The van der Waals surface area contributed by atoms with Gasteiger partial charge in [-0.05, 0) is 94.5 Å². The third-order valence-electron chi connectivity index (χ3n) is 8.35. The molecule has 0 aliphatic heterocycles. The van der Waals surface area contributed by atoms with Crippen LogP contribution in [0.5, 0.6) is 0 Å². The number of methoxy groups -OCH3 is 1. The molecule has 0 bridgehead atoms. The number of pyridine rings is 1. The van der Waals surface area contributed by atoms with E-state index < -0.39 is 0 Å². The summed E-state index contributed by atoms with van der Waals surface area (Å²) in [5, 5.41) is 0. The number of hydrogen-bond donors (Lipinski definition) is 0. The molecule has 0 radical (unpaired) electrons. The van der Waals surface area contributed by atoms with Crippen molar-refractivity contribution in [2.75, 3.05) is 7.11 Å². The molecule has 0 N–H and O–H groups in total. The minimum absolute atomic E-state index is 0.331. The fourth-order valence-corrected chi connectivity index (χ4v) is 4.66. The summed E-state index contributed by atoms with van der Waals surface area (Å²) in [6, 6.07) is 22.7. The second-order valence-corrected chi connectivity index (χ2v) is 13.1. The summed E-state index contributed by atoms with van der Waals surface area (Å²) in [5.41, 5.74) is 8.19. The van der Waals surface area contributed by atoms with E-state index in [4.69, 9.17) is 0 Å². The number of esters is 1. The van der Waals surface area contributed by atoms with Gasteiger partial charge in [-0.3, -0.25) is 4.98 Å². The maximum Gasteiger partial charge on any atom is 0.337 e. The molecule has 0 aliphatic rings. The van der Waals surface area contributed by atoms with Crippen LogP contribution in [0.1, 0.15) is 166 Å². The van der Waals surface area contributed by atoms with Gasteiger partial charge in [0.15, 0.2) is 0 Å². The van der Waals surface area contributed by atoms with Crippen molar-refractivity contribution in [2.45, 2.75) is 153 Å². The largest absolute Gasteiger partial charge is 0.465 e. The highest BCUT2D eigenvalue weighted by Crippen LogP contribution is 2.14. The van der Waals surface area contributed by atoms with Crippen LogP contribution >= 0.6 is 0 Å². The molecule has 0 fully saturated rings. The minimum atomic E-state index is -0.331. The molecule has 1 heterocycles. The van der Waals surface area contributed by atoms with E-state index in [0.29, 0.717) is 5.56 Å². The van der Waals surface area contributed by atoms with Gasteiger partial charge in [0.25, 0.3) is 0 Å². The zero-order valence-corrected chi connectivity index (χ0v) is 34.4. The lowest BCUT2D eigenvalue weighted by Crippen LogP contribution is -2.02. The number of carbonyl (C=O) groups is 1. The number of allylic oxidation sites excluding steroid dienone is 4. The number of carbonyl (C=O) groups excluding carboxylic acids is 1. The molecule has 3 aromatic rings. The standard InChI is InChI=1S/C12H15NO2.C12H18.C9H18.C8H10.C6H14/c1-4-5-9(2)11-8-10(6-7-13-11)12(14)15-3;1-3-4-5-6-12-9-7-11(2)8-10-12;1-5-8(3)7-9(4)6-2;1-2-8-6-4-3-5-7-8;1-3-5-6-4-2/h5-8H,4H2,1-3H3;7-10H,3-6H2,1-2H3;5,9H,6-7H2,1-4H3;3-7H,2H2,1H3;3-6H2,1-2H3/b9-5-;;8-5+;;/t;;9-;;/m..1../s1. The summed E-state index contributed by atoms with van der Waals surface area (Å²) in [4.78, 5) is 15.5. The Labute approximate surface area is 310 Å². The van der Waals surface area contributed by atoms with Gasteiger partial charge in [-0.15, -0.1) is 0 Å². The molecule has 0 saturated carbocycles. The van der Waals surface area contributed by atoms with Crippen LogP contribution in [0.4, 0.5) is 0 Å². The van der Waals surface area contributed by atoms with Gasteiger partial charge in [-0.2, -0.15) is 0 Å². The molecular formula is C47H75NO2. The van der Waals surface area contributed by atoms with Crippen LogP contribution < -0.4 is 0 Å². The van der Waals surface area contributed by atoms with Crippen LogP contribution in [-0.4, -0.2) is 18.1 Å². The summed E-state index contributed by atoms with van der Waals surface area (Å²) in [6.07, 6.45) is 21.3. The van der Waals surface area contributed by atoms with E-state index in [1.807, 2.05) is 13.0 Å². The molecular weight excluding hydrogens is 611 g/mol. The van der Waals surface area contributed by atoms with Crippen molar-refractivity contribution in [3.05, 3.63) is 119 Å². The maximum atomic E-state index is 11.3. The van der Waals surface area contributed by atoms with Gasteiger partial charge in [0.1, 0.15) is 0 Å². The van der Waals surface area contributed by atoms with Crippen LogP contribution in [0, 0.1) is 12.8 Å². The summed E-state index contributed by atoms with van der Waals surface area (Å²) < 4.78 is 4.64. The minimum Gasteiger partial charge on any atom is -0.465 e. The summed E-state index contributed by atoms with van der Waals surface area (Å²) in [5.74, 6) is 0.532. The Balaban J connectivity index is 0. The summed E-state index contributed by atoms with van der Waals surface area (Å²) >= 11 is 0. The Bertz CT molecular complexity index is 1250. The monoisotopic (exact) mass is 686 g/mol. The van der Waals surface area contributed by atoms with Gasteiger partial charge in [0, 0.05) is 6.20 Å². The van der Waals surface area contributed by atoms with E-state index in [-0.39, 0.29) is 5.97 Å². The Morgan fingerprint density at radius 1 is 0.800 bits per heavy atom. The first kappa shape index (κ1) is 48.7. The fourth-order valence-electron chi connectivity index (χ4n) is 4.66. The number of unbranched alkanes of at least 4 members (excludes halogenated alkanes) is 5. The molecule has 0 amide bonds. The van der Waals surface area contributed by atoms with E-state index in [1.54, 1.807) is 18.3 Å². The van der Waals surface area contributed by atoms with Gasteiger partial charge >= 0.3 is 5.97 Å². The number of benzene rings is 2. The molecule has 1 aromatic heterocycles. The average Bonchev–Trinajstić information content (AvgIpc) is 3.15. The Morgan fingerprint density at radius 3 is 1.84 bits per heavy atom. The molecule has 2 aromatic carbocycles. The third kappa shape index (κ3) is 27.4. The van der Waals surface area contributed by atoms with Crippen molar-refractivity contribution < 1.29 is 9.53 Å². The second-order valence-electron chi connectivity index (χ2n) is 13.1. The van der Waals surface area contributed by atoms with E-state index >= 15 is 0 Å². The van der Waals surface area contributed by atoms with Crippen LogP contribution in [0.15, 0.2) is 90.7 Å². The highest BCUT2D eigenvalue weighted by molar-refractivity contribution is 5.90. The number of ether oxygens (including phenoxy) is 1. The molecule has 280 valence electrons. The molecule has 0 unspecified atom stereocenters. The third-order valence-corrected chi connectivity index (χ3v) is 8.35. The summed E-state index contributed by atoms with van der Waals surface area (Å²) in [6.45, 7) is 23.9. The van der Waals surface area contributed by atoms with Crippen molar-refractivity contribution in [3.8, 4) is 0 Å². The van der Waals surface area contributed by atoms with Crippen molar-refractivity contribution in [3.63, 3.8) is 0 Å². The predicted octanol–water partition coefficient (Wildman–Crippen LogP) is 14.6. The van der Waals surface area contributed by atoms with E-state index in [2.05, 4.69) is 140 Å². The first-order valence-corrected chi connectivity index (χ1v) is 19.5. The number of aromatic nitrogens is 1. The molecule has 0 spiro atoms. The predicted molar refractivity (Wildman–Crippen MR) is 223 cm³/mol. The first-order chi connectivity index (χ1) is 24.1. The molecule has 3 heteroatoms. The highest BCUT2D eigenvalue weighted by atomic mass is 16.5. The first-order valence-electron chi connectivity index (χ1n) is 19.5. The molecule has 0 saturated heterocycles. The van der Waals surface area contributed by atoms with Crippen LogP contribution in [-0.2, 0) is 17.6 Å². The van der Waals surface area contributed by atoms with Crippen LogP contribution in [0.25, 0.3) is 5.57 Å². The molecule has 1 atom stereocenters. The number of rotatable bonds is 14. The quantitative estimate of drug-likeness (QED) is 0.0963. The average molecular weight is 686 g/mol.